The van der Waals surface area contributed by atoms with E-state index in [1.54, 1.807) is 0 Å². The number of rotatable bonds is 1. The maximum Gasteiger partial charge on any atom is 0.220 e. The van der Waals surface area contributed by atoms with Crippen LogP contribution in [0.2, 0.25) is 5.02 Å². The molecular weight excluding hydrogens is 286 g/mol. The van der Waals surface area contributed by atoms with E-state index < -0.39 is 5.66 Å². The highest BCUT2D eigenvalue weighted by molar-refractivity contribution is 6.31. The van der Waals surface area contributed by atoms with Crippen LogP contribution in [0.1, 0.15) is 13.8 Å². The molecule has 0 unspecified atom stereocenters. The Morgan fingerprint density at radius 2 is 1.71 bits per heavy atom. The first kappa shape index (κ1) is 13.7. The second-order valence-electron chi connectivity index (χ2n) is 5.45. The molecule has 3 rings (SSSR count). The molecule has 0 atom stereocenters. The Morgan fingerprint density at radius 3 is 2.43 bits per heavy atom. The zero-order valence-electron chi connectivity index (χ0n) is 11.8. The summed E-state index contributed by atoms with van der Waals surface area (Å²) in [4.78, 5) is 10.3. The molecule has 0 saturated carbocycles. The summed E-state index contributed by atoms with van der Waals surface area (Å²) in [6.07, 6.45) is 0. The van der Waals surface area contributed by atoms with Crippen molar-refractivity contribution in [2.24, 2.45) is 21.5 Å². The lowest BCUT2D eigenvalue weighted by Gasteiger charge is -2.38. The number of nitrogens with two attached hydrogens (primary N) is 2. The first-order valence-electron chi connectivity index (χ1n) is 6.56. The molecule has 0 fully saturated rings. The molecule has 0 saturated heterocycles. The van der Waals surface area contributed by atoms with E-state index in [9.17, 15) is 0 Å². The molecule has 2 aromatic carbocycles. The van der Waals surface area contributed by atoms with Crippen LogP contribution in [0.4, 0.5) is 5.69 Å². The number of anilines is 1. The molecule has 4 N–H and O–H groups in total. The van der Waals surface area contributed by atoms with Gasteiger partial charge in [0.05, 0.1) is 0 Å². The number of nitrogens with zero attached hydrogens (tertiary/aromatic N) is 3. The van der Waals surface area contributed by atoms with Crippen molar-refractivity contribution in [3.63, 3.8) is 0 Å². The molecule has 1 aliphatic rings. The van der Waals surface area contributed by atoms with E-state index in [4.69, 9.17) is 23.1 Å². The van der Waals surface area contributed by atoms with E-state index >= 15 is 0 Å². The fourth-order valence-corrected chi connectivity index (χ4v) is 2.77. The fourth-order valence-electron chi connectivity index (χ4n) is 2.59. The Hall–Kier alpha value is -2.27. The second kappa shape index (κ2) is 4.63. The molecule has 5 nitrogen and oxygen atoms in total. The molecule has 0 radical (unpaired) electrons. The first-order valence-corrected chi connectivity index (χ1v) is 6.94. The lowest BCUT2D eigenvalue weighted by atomic mass is 10.1. The monoisotopic (exact) mass is 301 g/mol. The maximum absolute atomic E-state index is 6.04. The molecule has 1 heterocycles. The van der Waals surface area contributed by atoms with Crippen molar-refractivity contribution in [3.8, 4) is 0 Å². The summed E-state index contributed by atoms with van der Waals surface area (Å²) >= 11 is 6.01. The third-order valence-corrected chi connectivity index (χ3v) is 3.67. The van der Waals surface area contributed by atoms with Gasteiger partial charge in [-0.2, -0.15) is 4.99 Å². The zero-order valence-corrected chi connectivity index (χ0v) is 12.6. The summed E-state index contributed by atoms with van der Waals surface area (Å²) in [7, 11) is 0. The van der Waals surface area contributed by atoms with E-state index in [0.29, 0.717) is 11.0 Å². The average Bonchev–Trinajstić information content (AvgIpc) is 2.36. The van der Waals surface area contributed by atoms with E-state index in [1.807, 2.05) is 55.1 Å². The highest BCUT2D eigenvalue weighted by Crippen LogP contribution is 2.30. The van der Waals surface area contributed by atoms with Crippen molar-refractivity contribution in [1.29, 1.82) is 0 Å². The lowest BCUT2D eigenvalue weighted by molar-refractivity contribution is 0.534. The van der Waals surface area contributed by atoms with Gasteiger partial charge in [-0.05, 0) is 48.9 Å². The molecule has 0 bridgehead atoms. The van der Waals surface area contributed by atoms with Crippen molar-refractivity contribution in [3.05, 3.63) is 41.4 Å². The van der Waals surface area contributed by atoms with Crippen LogP contribution >= 0.6 is 11.6 Å². The minimum Gasteiger partial charge on any atom is -0.369 e. The van der Waals surface area contributed by atoms with Gasteiger partial charge in [0.2, 0.25) is 11.9 Å². The molecule has 1 aliphatic heterocycles. The molecule has 6 heteroatoms. The Kier molecular flexibility index (Phi) is 3.02. The van der Waals surface area contributed by atoms with Crippen LogP contribution in [0.5, 0.6) is 0 Å². The van der Waals surface area contributed by atoms with E-state index in [-0.39, 0.29) is 5.96 Å². The van der Waals surface area contributed by atoms with E-state index in [2.05, 4.69) is 9.98 Å². The maximum atomic E-state index is 6.04. The largest absolute Gasteiger partial charge is 0.369 e. The van der Waals surface area contributed by atoms with Gasteiger partial charge in [-0.1, -0.05) is 23.7 Å². The van der Waals surface area contributed by atoms with Gasteiger partial charge in [-0.3, -0.25) is 4.90 Å². The van der Waals surface area contributed by atoms with Gasteiger partial charge in [0.15, 0.2) is 0 Å². The van der Waals surface area contributed by atoms with Crippen LogP contribution in [0.15, 0.2) is 46.4 Å². The van der Waals surface area contributed by atoms with Gasteiger partial charge in [0, 0.05) is 10.7 Å². The van der Waals surface area contributed by atoms with Crippen LogP contribution in [-0.4, -0.2) is 17.6 Å². The summed E-state index contributed by atoms with van der Waals surface area (Å²) in [5.74, 6) is 0.530. The number of guanidine groups is 2. The van der Waals surface area contributed by atoms with Gasteiger partial charge in [0.1, 0.15) is 5.66 Å². The zero-order chi connectivity index (χ0) is 15.2. The predicted octanol–water partition coefficient (Wildman–Crippen LogP) is 2.68. The van der Waals surface area contributed by atoms with Gasteiger partial charge in [-0.25, -0.2) is 4.99 Å². The van der Waals surface area contributed by atoms with Crippen molar-refractivity contribution in [1.82, 2.24) is 0 Å². The average molecular weight is 302 g/mol. The summed E-state index contributed by atoms with van der Waals surface area (Å²) < 4.78 is 0. The highest BCUT2D eigenvalue weighted by Gasteiger charge is 2.32. The normalized spacial score (nSPS) is 17.6. The van der Waals surface area contributed by atoms with Crippen molar-refractivity contribution >= 4 is 40.0 Å². The molecule has 0 spiro atoms. The SMILES string of the molecule is CC1(C)N=C(N)N=C(N)N1c1ccc2cc(Cl)ccc2c1. The Labute approximate surface area is 127 Å². The third kappa shape index (κ3) is 2.40. The van der Waals surface area contributed by atoms with Gasteiger partial charge >= 0.3 is 0 Å². The molecule has 0 aliphatic carbocycles. The number of hydrogen-bond acceptors (Lipinski definition) is 5. The third-order valence-electron chi connectivity index (χ3n) is 3.44. The van der Waals surface area contributed by atoms with Gasteiger partial charge < -0.3 is 11.5 Å². The Bertz CT molecular complexity index is 779. The summed E-state index contributed by atoms with van der Waals surface area (Å²) in [6, 6.07) is 11.8. The Balaban J connectivity index is 2.12. The molecular formula is C15H16ClN5. The molecule has 21 heavy (non-hydrogen) atoms. The van der Waals surface area contributed by atoms with Gasteiger partial charge in [-0.15, -0.1) is 0 Å². The van der Waals surface area contributed by atoms with E-state index in [0.717, 1.165) is 16.5 Å². The summed E-state index contributed by atoms with van der Waals surface area (Å²) in [5, 5.41) is 2.86. The van der Waals surface area contributed by atoms with Crippen molar-refractivity contribution in [2.45, 2.75) is 19.5 Å². The summed E-state index contributed by atoms with van der Waals surface area (Å²) in [5.41, 5.74) is 12.1. The minimum atomic E-state index is -0.587. The van der Waals surface area contributed by atoms with Crippen LogP contribution < -0.4 is 16.4 Å². The summed E-state index contributed by atoms with van der Waals surface area (Å²) in [6.45, 7) is 3.88. The quantitative estimate of drug-likeness (QED) is 0.850. The first-order chi connectivity index (χ1) is 9.87. The molecule has 108 valence electrons. The Morgan fingerprint density at radius 1 is 1.05 bits per heavy atom. The highest BCUT2D eigenvalue weighted by atomic mass is 35.5. The number of halogens is 1. The minimum absolute atomic E-state index is 0.196. The predicted molar refractivity (Wildman–Crippen MR) is 88.8 cm³/mol. The van der Waals surface area contributed by atoms with Crippen LogP contribution in [-0.2, 0) is 0 Å². The lowest BCUT2D eigenvalue weighted by Crippen LogP contribution is -2.54. The number of aliphatic imine (C=N–C) groups is 2. The van der Waals surface area contributed by atoms with Gasteiger partial charge in [0.25, 0.3) is 0 Å². The van der Waals surface area contributed by atoms with Crippen molar-refractivity contribution in [2.75, 3.05) is 4.90 Å². The van der Waals surface area contributed by atoms with Crippen LogP contribution in [0, 0.1) is 0 Å². The number of benzene rings is 2. The second-order valence-corrected chi connectivity index (χ2v) is 5.88. The number of hydrogen-bond donors (Lipinski definition) is 2. The molecule has 0 aromatic heterocycles. The van der Waals surface area contributed by atoms with Crippen LogP contribution in [0.25, 0.3) is 10.8 Å². The molecule has 2 aromatic rings. The van der Waals surface area contributed by atoms with Crippen molar-refractivity contribution < 1.29 is 0 Å². The fraction of sp³-hybridized carbons (Fsp3) is 0.200. The smallest absolute Gasteiger partial charge is 0.220 e. The van der Waals surface area contributed by atoms with E-state index in [1.165, 1.54) is 0 Å². The molecule has 0 amide bonds. The standard InChI is InChI=1S/C15H16ClN5/c1-15(2)20-13(17)19-14(18)21(15)12-6-4-9-7-11(16)5-3-10(9)8-12/h3-8H,1-2H3,(H4,17,18,19,20). The van der Waals surface area contributed by atoms with Crippen LogP contribution in [0.3, 0.4) is 0 Å². The number of fused-ring (bicyclic) bond motifs is 1. The topological polar surface area (TPSA) is 80.0 Å².